The molecule has 1 unspecified atom stereocenters. The summed E-state index contributed by atoms with van der Waals surface area (Å²) >= 11 is 0. The van der Waals surface area contributed by atoms with Crippen LogP contribution in [0, 0.1) is 5.92 Å². The van der Waals surface area contributed by atoms with Gasteiger partial charge in [0.05, 0.1) is 0 Å². The summed E-state index contributed by atoms with van der Waals surface area (Å²) in [4.78, 5) is 11.4. The molecule has 0 N–H and O–H groups in total. The van der Waals surface area contributed by atoms with Crippen molar-refractivity contribution in [3.8, 4) is 0 Å². The highest BCUT2D eigenvalue weighted by atomic mass is 16.5. The van der Waals surface area contributed by atoms with E-state index in [0.717, 1.165) is 32.1 Å². The molecule has 0 saturated carbocycles. The number of hydrogen-bond acceptors (Lipinski definition) is 2. The van der Waals surface area contributed by atoms with Crippen molar-refractivity contribution in [2.45, 2.75) is 79.8 Å². The molecule has 2 nitrogen and oxygen atoms in total. The standard InChI is InChI=1S/C22H34O2/c1-16(2)21-12-10-17(3)8-7-9-18(4)14-22(24-20(6)23)15-19(5)11-13-21/h8,11,13-14,16,22H,7,9-10,12,15H2,1-6H3/b17-8+,18-14+,19-11+,21-13+. The van der Waals surface area contributed by atoms with Crippen LogP contribution in [0.4, 0.5) is 0 Å². The van der Waals surface area contributed by atoms with Crippen LogP contribution in [0.2, 0.25) is 0 Å². The van der Waals surface area contributed by atoms with E-state index in [1.165, 1.54) is 29.2 Å². The van der Waals surface area contributed by atoms with Gasteiger partial charge in [-0.3, -0.25) is 4.79 Å². The second-order valence-corrected chi connectivity index (χ2v) is 7.36. The Balaban J connectivity index is 3.08. The minimum absolute atomic E-state index is 0.164. The van der Waals surface area contributed by atoms with Crippen molar-refractivity contribution in [2.24, 2.45) is 5.92 Å². The van der Waals surface area contributed by atoms with Gasteiger partial charge in [0.2, 0.25) is 0 Å². The van der Waals surface area contributed by atoms with E-state index >= 15 is 0 Å². The Bertz CT molecular complexity index is 544. The smallest absolute Gasteiger partial charge is 0.303 e. The fourth-order valence-corrected chi connectivity index (χ4v) is 2.94. The number of carbonyl (C=O) groups is 1. The van der Waals surface area contributed by atoms with Crippen LogP contribution in [0.3, 0.4) is 0 Å². The molecular formula is C22H34O2. The molecular weight excluding hydrogens is 296 g/mol. The summed E-state index contributed by atoms with van der Waals surface area (Å²) in [6.07, 6.45) is 13.8. The number of allylic oxidation sites excluding steroid dienone is 6. The van der Waals surface area contributed by atoms with Crippen LogP contribution in [0.25, 0.3) is 0 Å². The average molecular weight is 331 g/mol. The molecule has 1 aliphatic carbocycles. The normalized spacial score (nSPS) is 29.9. The largest absolute Gasteiger partial charge is 0.458 e. The van der Waals surface area contributed by atoms with Crippen LogP contribution < -0.4 is 0 Å². The highest BCUT2D eigenvalue weighted by Gasteiger charge is 2.11. The predicted molar refractivity (Wildman–Crippen MR) is 103 cm³/mol. The third-order valence-corrected chi connectivity index (χ3v) is 4.47. The van der Waals surface area contributed by atoms with Gasteiger partial charge in [-0.15, -0.1) is 0 Å². The molecule has 0 fully saturated rings. The summed E-state index contributed by atoms with van der Waals surface area (Å²) in [5, 5.41) is 0. The SMILES string of the molecule is CC(=O)OC1/C=C(\C)CC/C=C(\C)CC/C(C(C)C)=C\C=C(/C)C1. The Morgan fingerprint density at radius 3 is 2.38 bits per heavy atom. The van der Waals surface area contributed by atoms with Gasteiger partial charge < -0.3 is 4.74 Å². The Morgan fingerprint density at radius 2 is 1.75 bits per heavy atom. The summed E-state index contributed by atoms with van der Waals surface area (Å²) in [6, 6.07) is 0. The Kier molecular flexibility index (Phi) is 8.81. The summed E-state index contributed by atoms with van der Waals surface area (Å²) in [6.45, 7) is 12.5. The first-order chi connectivity index (χ1) is 11.3. The van der Waals surface area contributed by atoms with Crippen molar-refractivity contribution in [2.75, 3.05) is 0 Å². The summed E-state index contributed by atoms with van der Waals surface area (Å²) in [7, 11) is 0. The van der Waals surface area contributed by atoms with Gasteiger partial charge in [-0.25, -0.2) is 0 Å². The summed E-state index contributed by atoms with van der Waals surface area (Å²) in [5.41, 5.74) is 5.47. The predicted octanol–water partition coefficient (Wildman–Crippen LogP) is 6.30. The van der Waals surface area contributed by atoms with E-state index in [9.17, 15) is 4.79 Å². The Hall–Kier alpha value is -1.57. The van der Waals surface area contributed by atoms with Crippen molar-refractivity contribution in [3.05, 3.63) is 46.6 Å². The monoisotopic (exact) mass is 330 g/mol. The second kappa shape index (κ2) is 10.3. The zero-order chi connectivity index (χ0) is 18.1. The van der Waals surface area contributed by atoms with Crippen LogP contribution in [-0.4, -0.2) is 12.1 Å². The number of esters is 1. The highest BCUT2D eigenvalue weighted by molar-refractivity contribution is 5.66. The van der Waals surface area contributed by atoms with Crippen molar-refractivity contribution < 1.29 is 9.53 Å². The zero-order valence-electron chi connectivity index (χ0n) is 16.3. The maximum atomic E-state index is 11.4. The highest BCUT2D eigenvalue weighted by Crippen LogP contribution is 2.22. The van der Waals surface area contributed by atoms with Crippen molar-refractivity contribution in [1.29, 1.82) is 0 Å². The number of ether oxygens (including phenoxy) is 1. The molecule has 1 aliphatic rings. The van der Waals surface area contributed by atoms with E-state index in [0.29, 0.717) is 5.92 Å². The van der Waals surface area contributed by atoms with E-state index in [1.54, 1.807) is 0 Å². The van der Waals surface area contributed by atoms with Crippen LogP contribution in [0.5, 0.6) is 0 Å². The first kappa shape index (κ1) is 20.5. The molecule has 24 heavy (non-hydrogen) atoms. The topological polar surface area (TPSA) is 26.3 Å². The maximum Gasteiger partial charge on any atom is 0.303 e. The van der Waals surface area contributed by atoms with E-state index in [2.05, 4.69) is 58.9 Å². The number of carbonyl (C=O) groups excluding carboxylic acids is 1. The molecule has 0 saturated heterocycles. The molecule has 0 aromatic rings. The molecule has 2 heteroatoms. The minimum Gasteiger partial charge on any atom is -0.458 e. The van der Waals surface area contributed by atoms with Crippen molar-refractivity contribution in [3.63, 3.8) is 0 Å². The summed E-state index contributed by atoms with van der Waals surface area (Å²) < 4.78 is 5.50. The van der Waals surface area contributed by atoms with E-state index in [4.69, 9.17) is 4.74 Å². The lowest BCUT2D eigenvalue weighted by atomic mass is 9.94. The van der Waals surface area contributed by atoms with Gasteiger partial charge in [-0.1, -0.05) is 54.4 Å². The van der Waals surface area contributed by atoms with Gasteiger partial charge in [-0.2, -0.15) is 0 Å². The van der Waals surface area contributed by atoms with Crippen LogP contribution >= 0.6 is 0 Å². The molecule has 1 rings (SSSR count). The molecule has 0 radical (unpaired) electrons. The summed E-state index contributed by atoms with van der Waals surface area (Å²) in [5.74, 6) is 0.341. The first-order valence-electron chi connectivity index (χ1n) is 9.14. The minimum atomic E-state index is -0.216. The lowest BCUT2D eigenvalue weighted by Crippen LogP contribution is -2.14. The number of hydrogen-bond donors (Lipinski definition) is 0. The molecule has 0 aromatic heterocycles. The molecule has 134 valence electrons. The number of rotatable bonds is 2. The molecule has 0 heterocycles. The van der Waals surface area contributed by atoms with Gasteiger partial charge in [0, 0.05) is 13.3 Å². The van der Waals surface area contributed by atoms with Gasteiger partial charge >= 0.3 is 5.97 Å². The lowest BCUT2D eigenvalue weighted by Gasteiger charge is -2.16. The van der Waals surface area contributed by atoms with Gasteiger partial charge in [0.1, 0.15) is 6.10 Å². The Morgan fingerprint density at radius 1 is 1.04 bits per heavy atom. The molecule has 0 aromatic carbocycles. The third-order valence-electron chi connectivity index (χ3n) is 4.47. The third kappa shape index (κ3) is 8.33. The fraction of sp³-hybridized carbons (Fsp3) is 0.591. The molecule has 0 spiro atoms. The quantitative estimate of drug-likeness (QED) is 0.438. The maximum absolute atomic E-state index is 11.4. The first-order valence-corrected chi connectivity index (χ1v) is 9.14. The zero-order valence-corrected chi connectivity index (χ0v) is 16.3. The van der Waals surface area contributed by atoms with Crippen molar-refractivity contribution in [1.82, 2.24) is 0 Å². The average Bonchev–Trinajstić information content (AvgIpc) is 2.45. The second-order valence-electron chi connectivity index (χ2n) is 7.36. The van der Waals surface area contributed by atoms with Crippen LogP contribution in [-0.2, 0) is 9.53 Å². The van der Waals surface area contributed by atoms with Gasteiger partial charge in [0.25, 0.3) is 0 Å². The van der Waals surface area contributed by atoms with E-state index in [-0.39, 0.29) is 12.1 Å². The van der Waals surface area contributed by atoms with Crippen molar-refractivity contribution >= 4 is 5.97 Å². The molecule has 1 atom stereocenters. The molecule has 0 bridgehead atoms. The molecule has 0 amide bonds. The lowest BCUT2D eigenvalue weighted by molar-refractivity contribution is -0.144. The Labute approximate surface area is 148 Å². The van der Waals surface area contributed by atoms with Crippen LogP contribution in [0.15, 0.2) is 46.6 Å². The van der Waals surface area contributed by atoms with E-state index < -0.39 is 0 Å². The van der Waals surface area contributed by atoms with Gasteiger partial charge in [-0.05, 0) is 58.4 Å². The molecule has 0 aliphatic heterocycles. The van der Waals surface area contributed by atoms with E-state index in [1.807, 2.05) is 0 Å². The van der Waals surface area contributed by atoms with Crippen LogP contribution in [0.1, 0.15) is 73.6 Å². The fourth-order valence-electron chi connectivity index (χ4n) is 2.94. The van der Waals surface area contributed by atoms with Gasteiger partial charge in [0.15, 0.2) is 0 Å².